The Morgan fingerprint density at radius 2 is 1.58 bits per heavy atom. The van der Waals surface area contributed by atoms with E-state index in [0.29, 0.717) is 45.6 Å². The molecular weight excluding hydrogens is 458 g/mol. The molecule has 1 unspecified atom stereocenters. The fraction of sp³-hybridized carbons (Fsp3) is 0.464. The molecule has 1 atom stereocenters. The predicted molar refractivity (Wildman–Crippen MR) is 138 cm³/mol. The molecule has 192 valence electrons. The maximum atomic E-state index is 13.1. The number of ether oxygens (including phenoxy) is 2. The number of carbonyl (C=O) groups excluding carboxylic acids is 3. The third kappa shape index (κ3) is 5.98. The number of piperazine rings is 1. The fourth-order valence-electron chi connectivity index (χ4n) is 4.59. The Balaban J connectivity index is 1.37. The van der Waals surface area contributed by atoms with E-state index in [4.69, 9.17) is 9.47 Å². The van der Waals surface area contributed by atoms with Crippen LogP contribution >= 0.6 is 0 Å². The molecule has 0 saturated carbocycles. The molecule has 0 bridgehead atoms. The molecule has 2 fully saturated rings. The van der Waals surface area contributed by atoms with Gasteiger partial charge in [-0.3, -0.25) is 9.69 Å². The van der Waals surface area contributed by atoms with Crippen molar-refractivity contribution in [3.05, 3.63) is 54.1 Å². The molecule has 2 aromatic rings. The van der Waals surface area contributed by atoms with Gasteiger partial charge in [0.05, 0.1) is 12.6 Å². The van der Waals surface area contributed by atoms with Crippen LogP contribution in [0.1, 0.15) is 39.7 Å². The summed E-state index contributed by atoms with van der Waals surface area (Å²) >= 11 is 0. The lowest BCUT2D eigenvalue weighted by molar-refractivity contribution is -0.143. The van der Waals surface area contributed by atoms with E-state index in [9.17, 15) is 14.4 Å². The number of fused-ring (bicyclic) bond motifs is 1. The second kappa shape index (κ2) is 10.6. The summed E-state index contributed by atoms with van der Waals surface area (Å²) in [7, 11) is 0. The Kier molecular flexibility index (Phi) is 7.52. The third-order valence-corrected chi connectivity index (χ3v) is 6.39. The number of anilines is 1. The maximum Gasteiger partial charge on any atom is 0.410 e. The number of carbonyl (C=O) groups is 3. The topological polar surface area (TPSA) is 79.4 Å². The highest BCUT2D eigenvalue weighted by atomic mass is 16.6. The van der Waals surface area contributed by atoms with Gasteiger partial charge in [-0.1, -0.05) is 36.4 Å². The molecule has 8 nitrogen and oxygen atoms in total. The zero-order chi connectivity index (χ0) is 25.9. The van der Waals surface area contributed by atoms with Crippen molar-refractivity contribution < 1.29 is 23.9 Å². The van der Waals surface area contributed by atoms with Crippen molar-refractivity contribution in [2.45, 2.75) is 52.2 Å². The zero-order valence-electron chi connectivity index (χ0n) is 21.5. The highest BCUT2D eigenvalue weighted by Gasteiger charge is 2.42. The molecule has 2 aliphatic rings. The monoisotopic (exact) mass is 493 g/mol. The summed E-state index contributed by atoms with van der Waals surface area (Å²) in [6.45, 7) is 9.75. The van der Waals surface area contributed by atoms with Crippen LogP contribution in [0.2, 0.25) is 0 Å². The van der Waals surface area contributed by atoms with E-state index in [1.54, 1.807) is 9.80 Å². The Labute approximate surface area is 212 Å². The van der Waals surface area contributed by atoms with Gasteiger partial charge in [-0.05, 0) is 62.9 Å². The largest absolute Gasteiger partial charge is 0.466 e. The summed E-state index contributed by atoms with van der Waals surface area (Å²) in [5.74, 6) is -0.178. The third-order valence-electron chi connectivity index (χ3n) is 6.39. The normalized spacial score (nSPS) is 17.7. The Bertz CT molecular complexity index is 1090. The summed E-state index contributed by atoms with van der Waals surface area (Å²) in [6.07, 6.45) is 0.696. The van der Waals surface area contributed by atoms with Crippen molar-refractivity contribution >= 4 is 23.8 Å². The number of nitrogens with zero attached hydrogens (tertiary/aromatic N) is 3. The van der Waals surface area contributed by atoms with Gasteiger partial charge < -0.3 is 19.3 Å². The summed E-state index contributed by atoms with van der Waals surface area (Å²) in [5.41, 5.74) is 3.50. The average Bonchev–Trinajstić information content (AvgIpc) is 3.18. The highest BCUT2D eigenvalue weighted by Crippen LogP contribution is 2.29. The van der Waals surface area contributed by atoms with Crippen LogP contribution in [0, 0.1) is 0 Å². The summed E-state index contributed by atoms with van der Waals surface area (Å²) in [6, 6.07) is 16.0. The van der Waals surface area contributed by atoms with Gasteiger partial charge in [0, 0.05) is 38.3 Å². The van der Waals surface area contributed by atoms with Crippen molar-refractivity contribution in [2.24, 2.45) is 0 Å². The van der Waals surface area contributed by atoms with Gasteiger partial charge in [0.2, 0.25) is 0 Å². The van der Waals surface area contributed by atoms with Crippen LogP contribution in [0.15, 0.2) is 48.5 Å². The van der Waals surface area contributed by atoms with E-state index in [1.807, 2.05) is 81.1 Å². The van der Waals surface area contributed by atoms with Crippen molar-refractivity contribution in [3.8, 4) is 11.1 Å². The SMILES string of the molecule is CCOC(=O)CCc1ccc(-c2ccc(N3CC4CN(C(=O)OC(C)(C)C)CCN4C3=O)cc2)cc1. The smallest absolute Gasteiger partial charge is 0.410 e. The lowest BCUT2D eigenvalue weighted by atomic mass is 10.0. The molecule has 0 spiro atoms. The molecule has 8 heteroatoms. The van der Waals surface area contributed by atoms with E-state index in [0.717, 1.165) is 22.4 Å². The van der Waals surface area contributed by atoms with E-state index >= 15 is 0 Å². The van der Waals surface area contributed by atoms with Gasteiger partial charge in [-0.25, -0.2) is 9.59 Å². The molecule has 0 aliphatic carbocycles. The van der Waals surface area contributed by atoms with E-state index in [2.05, 4.69) is 0 Å². The van der Waals surface area contributed by atoms with Crippen LogP contribution in [-0.4, -0.2) is 72.3 Å². The molecule has 2 aliphatic heterocycles. The van der Waals surface area contributed by atoms with Gasteiger partial charge in [0.1, 0.15) is 5.60 Å². The summed E-state index contributed by atoms with van der Waals surface area (Å²) < 4.78 is 10.5. The first-order valence-corrected chi connectivity index (χ1v) is 12.6. The highest BCUT2D eigenvalue weighted by molar-refractivity contribution is 5.95. The second-order valence-electron chi connectivity index (χ2n) is 10.2. The van der Waals surface area contributed by atoms with Crippen LogP contribution in [0.25, 0.3) is 11.1 Å². The van der Waals surface area contributed by atoms with E-state index < -0.39 is 5.60 Å². The lowest BCUT2D eigenvalue weighted by Gasteiger charge is -2.36. The second-order valence-corrected chi connectivity index (χ2v) is 10.2. The van der Waals surface area contributed by atoms with E-state index in [1.165, 1.54) is 0 Å². The van der Waals surface area contributed by atoms with Gasteiger partial charge in [-0.15, -0.1) is 0 Å². The number of urea groups is 1. The molecule has 2 aromatic carbocycles. The standard InChI is InChI=1S/C28H35N3O5/c1-5-35-25(32)15-8-20-6-9-21(10-7-20)22-11-13-23(14-12-22)31-19-24-18-29(16-17-30(24)26(31)33)27(34)36-28(2,3)4/h6-7,9-14,24H,5,8,15-19H2,1-4H3. The predicted octanol–water partition coefficient (Wildman–Crippen LogP) is 4.71. The number of esters is 1. The molecule has 4 rings (SSSR count). The molecule has 0 aromatic heterocycles. The zero-order valence-corrected chi connectivity index (χ0v) is 21.5. The number of benzene rings is 2. The summed E-state index contributed by atoms with van der Waals surface area (Å²) in [4.78, 5) is 42.5. The minimum Gasteiger partial charge on any atom is -0.466 e. The minimum absolute atomic E-state index is 0.0254. The number of hydrogen-bond donors (Lipinski definition) is 0. The molecule has 0 N–H and O–H groups in total. The van der Waals surface area contributed by atoms with Crippen molar-refractivity contribution in [3.63, 3.8) is 0 Å². The molecular formula is C28H35N3O5. The number of aryl methyl sites for hydroxylation is 1. The minimum atomic E-state index is -0.545. The Morgan fingerprint density at radius 3 is 2.19 bits per heavy atom. The number of amides is 3. The van der Waals surface area contributed by atoms with Crippen LogP contribution < -0.4 is 4.90 Å². The van der Waals surface area contributed by atoms with Crippen molar-refractivity contribution in [1.82, 2.24) is 9.80 Å². The van der Waals surface area contributed by atoms with Gasteiger partial charge in [-0.2, -0.15) is 0 Å². The van der Waals surface area contributed by atoms with Crippen molar-refractivity contribution in [2.75, 3.05) is 37.7 Å². The maximum absolute atomic E-state index is 13.1. The van der Waals surface area contributed by atoms with Crippen molar-refractivity contribution in [1.29, 1.82) is 0 Å². The van der Waals surface area contributed by atoms with Gasteiger partial charge in [0.15, 0.2) is 0 Å². The number of hydrogen-bond acceptors (Lipinski definition) is 5. The van der Waals surface area contributed by atoms with Crippen LogP contribution in [0.5, 0.6) is 0 Å². The molecule has 2 saturated heterocycles. The van der Waals surface area contributed by atoms with Crippen LogP contribution in [-0.2, 0) is 20.7 Å². The van der Waals surface area contributed by atoms with Gasteiger partial charge >= 0.3 is 18.1 Å². The first kappa shape index (κ1) is 25.5. The first-order chi connectivity index (χ1) is 17.1. The lowest BCUT2D eigenvalue weighted by Crippen LogP contribution is -2.54. The Hall–Kier alpha value is -3.55. The quantitative estimate of drug-likeness (QED) is 0.545. The first-order valence-electron chi connectivity index (χ1n) is 12.6. The Morgan fingerprint density at radius 1 is 0.944 bits per heavy atom. The van der Waals surface area contributed by atoms with Crippen LogP contribution in [0.4, 0.5) is 15.3 Å². The van der Waals surface area contributed by atoms with E-state index in [-0.39, 0.29) is 24.1 Å². The fourth-order valence-corrected chi connectivity index (χ4v) is 4.59. The van der Waals surface area contributed by atoms with Gasteiger partial charge in [0.25, 0.3) is 0 Å². The molecule has 2 heterocycles. The number of rotatable bonds is 6. The summed E-state index contributed by atoms with van der Waals surface area (Å²) in [5, 5.41) is 0. The molecule has 3 amide bonds. The molecule has 36 heavy (non-hydrogen) atoms. The molecule has 0 radical (unpaired) electrons. The van der Waals surface area contributed by atoms with Crippen LogP contribution in [0.3, 0.4) is 0 Å². The average molecular weight is 494 g/mol.